The van der Waals surface area contributed by atoms with Crippen molar-refractivity contribution in [2.45, 2.75) is 32.2 Å². The van der Waals surface area contributed by atoms with Crippen molar-refractivity contribution < 1.29 is 4.74 Å². The third kappa shape index (κ3) is 1.50. The molecule has 0 spiro atoms. The van der Waals surface area contributed by atoms with Gasteiger partial charge in [0, 0.05) is 17.9 Å². The van der Waals surface area contributed by atoms with E-state index >= 15 is 0 Å². The average molecular weight is 206 g/mol. The summed E-state index contributed by atoms with van der Waals surface area (Å²) >= 11 is 0. The molecule has 15 heavy (non-hydrogen) atoms. The normalized spacial score (nSPS) is 25.5. The molecular weight excluding hydrogens is 188 g/mol. The largest absolute Gasteiger partial charge is 0.378 e. The van der Waals surface area contributed by atoms with E-state index in [1.54, 1.807) is 5.56 Å². The second kappa shape index (κ2) is 3.65. The standard InChI is InChI=1S/C12H18N2O/c1-8-12(11-7-15-6-5-13-11)9-3-2-4-10(9)14-8/h11,13-14H,2-7H2,1H3. The molecule has 0 bridgehead atoms. The molecule has 1 saturated heterocycles. The summed E-state index contributed by atoms with van der Waals surface area (Å²) in [5, 5.41) is 3.55. The van der Waals surface area contributed by atoms with Crippen molar-refractivity contribution in [1.29, 1.82) is 0 Å². The van der Waals surface area contributed by atoms with Crippen LogP contribution in [0, 0.1) is 6.92 Å². The summed E-state index contributed by atoms with van der Waals surface area (Å²) in [6.45, 7) is 4.83. The van der Waals surface area contributed by atoms with E-state index in [-0.39, 0.29) is 0 Å². The number of aromatic amines is 1. The SMILES string of the molecule is Cc1[nH]c2c(c1C1COCCN1)CCC2. The first-order chi connectivity index (χ1) is 7.36. The lowest BCUT2D eigenvalue weighted by molar-refractivity contribution is 0.0765. The van der Waals surface area contributed by atoms with E-state index in [0.29, 0.717) is 6.04 Å². The first-order valence-electron chi connectivity index (χ1n) is 5.87. The Labute approximate surface area is 90.2 Å². The van der Waals surface area contributed by atoms with Gasteiger partial charge in [0.05, 0.1) is 19.3 Å². The zero-order chi connectivity index (χ0) is 10.3. The molecule has 1 aromatic rings. The second-order valence-corrected chi connectivity index (χ2v) is 4.56. The first-order valence-corrected chi connectivity index (χ1v) is 5.87. The molecular formula is C12H18N2O. The van der Waals surface area contributed by atoms with Crippen molar-refractivity contribution in [3.05, 3.63) is 22.5 Å². The van der Waals surface area contributed by atoms with E-state index in [4.69, 9.17) is 4.74 Å². The third-order valence-corrected chi connectivity index (χ3v) is 3.56. The number of ether oxygens (including phenoxy) is 1. The summed E-state index contributed by atoms with van der Waals surface area (Å²) in [6, 6.07) is 0.414. The summed E-state index contributed by atoms with van der Waals surface area (Å²) in [4.78, 5) is 3.53. The molecule has 3 rings (SSSR count). The fourth-order valence-corrected chi connectivity index (χ4v) is 2.92. The van der Waals surface area contributed by atoms with E-state index in [1.807, 2.05) is 0 Å². The highest BCUT2D eigenvalue weighted by Crippen LogP contribution is 2.32. The lowest BCUT2D eigenvalue weighted by Gasteiger charge is -2.25. The van der Waals surface area contributed by atoms with Crippen LogP contribution in [0.2, 0.25) is 0 Å². The molecule has 3 heteroatoms. The molecule has 3 nitrogen and oxygen atoms in total. The summed E-state index contributed by atoms with van der Waals surface area (Å²) in [5.74, 6) is 0. The highest BCUT2D eigenvalue weighted by molar-refractivity contribution is 5.41. The van der Waals surface area contributed by atoms with E-state index in [2.05, 4.69) is 17.2 Å². The molecule has 1 fully saturated rings. The molecule has 2 heterocycles. The lowest BCUT2D eigenvalue weighted by Crippen LogP contribution is -2.35. The maximum Gasteiger partial charge on any atom is 0.0662 e. The Kier molecular flexibility index (Phi) is 2.29. The van der Waals surface area contributed by atoms with Crippen LogP contribution >= 0.6 is 0 Å². The van der Waals surface area contributed by atoms with Crippen LogP contribution in [0.5, 0.6) is 0 Å². The summed E-state index contributed by atoms with van der Waals surface area (Å²) in [6.07, 6.45) is 3.78. The maximum atomic E-state index is 5.54. The Morgan fingerprint density at radius 1 is 1.33 bits per heavy atom. The Morgan fingerprint density at radius 2 is 2.27 bits per heavy atom. The minimum absolute atomic E-state index is 0.414. The van der Waals surface area contributed by atoms with Crippen LogP contribution in [0.25, 0.3) is 0 Å². The summed E-state index contributed by atoms with van der Waals surface area (Å²) < 4.78 is 5.54. The van der Waals surface area contributed by atoms with Gasteiger partial charge in [0.2, 0.25) is 0 Å². The van der Waals surface area contributed by atoms with Crippen molar-refractivity contribution in [3.8, 4) is 0 Å². The van der Waals surface area contributed by atoms with Gasteiger partial charge in [0.1, 0.15) is 0 Å². The number of morpholine rings is 1. The molecule has 82 valence electrons. The highest BCUT2D eigenvalue weighted by atomic mass is 16.5. The molecule has 1 unspecified atom stereocenters. The summed E-state index contributed by atoms with van der Waals surface area (Å²) in [5.41, 5.74) is 5.86. The molecule has 0 amide bonds. The third-order valence-electron chi connectivity index (χ3n) is 3.56. The molecule has 1 aliphatic carbocycles. The number of nitrogens with one attached hydrogen (secondary N) is 2. The number of aryl methyl sites for hydroxylation is 2. The first kappa shape index (κ1) is 9.43. The second-order valence-electron chi connectivity index (χ2n) is 4.56. The Morgan fingerprint density at radius 3 is 3.07 bits per heavy atom. The van der Waals surface area contributed by atoms with Gasteiger partial charge in [-0.25, -0.2) is 0 Å². The molecule has 1 aromatic heterocycles. The molecule has 1 aliphatic heterocycles. The summed E-state index contributed by atoms with van der Waals surface area (Å²) in [7, 11) is 0. The van der Waals surface area contributed by atoms with Crippen molar-refractivity contribution >= 4 is 0 Å². The van der Waals surface area contributed by atoms with Crippen LogP contribution in [0.4, 0.5) is 0 Å². The number of H-pyrrole nitrogens is 1. The quantitative estimate of drug-likeness (QED) is 0.730. The van der Waals surface area contributed by atoms with E-state index in [9.17, 15) is 0 Å². The Balaban J connectivity index is 1.95. The van der Waals surface area contributed by atoms with Crippen LogP contribution in [-0.4, -0.2) is 24.7 Å². The highest BCUT2D eigenvalue weighted by Gasteiger charge is 2.26. The van der Waals surface area contributed by atoms with Gasteiger partial charge in [-0.1, -0.05) is 0 Å². The van der Waals surface area contributed by atoms with Gasteiger partial charge in [0.15, 0.2) is 0 Å². The van der Waals surface area contributed by atoms with Gasteiger partial charge in [-0.2, -0.15) is 0 Å². The van der Waals surface area contributed by atoms with Gasteiger partial charge in [-0.3, -0.25) is 0 Å². The van der Waals surface area contributed by atoms with E-state index in [1.165, 1.54) is 36.2 Å². The number of hydrogen-bond donors (Lipinski definition) is 2. The lowest BCUT2D eigenvalue weighted by atomic mass is 10.0. The number of aromatic nitrogens is 1. The smallest absolute Gasteiger partial charge is 0.0662 e. The molecule has 1 atom stereocenters. The van der Waals surface area contributed by atoms with E-state index in [0.717, 1.165) is 19.8 Å². The zero-order valence-corrected chi connectivity index (χ0v) is 9.23. The average Bonchev–Trinajstić information content (AvgIpc) is 2.78. The van der Waals surface area contributed by atoms with Crippen LogP contribution in [0.3, 0.4) is 0 Å². The number of rotatable bonds is 1. The molecule has 2 N–H and O–H groups in total. The van der Waals surface area contributed by atoms with Gasteiger partial charge in [-0.05, 0) is 37.3 Å². The molecule has 2 aliphatic rings. The fourth-order valence-electron chi connectivity index (χ4n) is 2.92. The number of hydrogen-bond acceptors (Lipinski definition) is 2. The van der Waals surface area contributed by atoms with Crippen molar-refractivity contribution in [2.24, 2.45) is 0 Å². The predicted molar refractivity (Wildman–Crippen MR) is 59.1 cm³/mol. The monoisotopic (exact) mass is 206 g/mol. The number of fused-ring (bicyclic) bond motifs is 1. The van der Waals surface area contributed by atoms with Gasteiger partial charge in [0.25, 0.3) is 0 Å². The minimum atomic E-state index is 0.414. The van der Waals surface area contributed by atoms with Gasteiger partial charge in [-0.15, -0.1) is 0 Å². The van der Waals surface area contributed by atoms with Gasteiger partial charge >= 0.3 is 0 Å². The molecule has 0 aromatic carbocycles. The zero-order valence-electron chi connectivity index (χ0n) is 9.23. The van der Waals surface area contributed by atoms with Gasteiger partial charge < -0.3 is 15.0 Å². The topological polar surface area (TPSA) is 37.0 Å². The van der Waals surface area contributed by atoms with Crippen LogP contribution in [0.15, 0.2) is 0 Å². The fraction of sp³-hybridized carbons (Fsp3) is 0.667. The Hall–Kier alpha value is -0.800. The van der Waals surface area contributed by atoms with E-state index < -0.39 is 0 Å². The molecule has 0 saturated carbocycles. The van der Waals surface area contributed by atoms with Crippen LogP contribution in [-0.2, 0) is 17.6 Å². The predicted octanol–water partition coefficient (Wildman–Crippen LogP) is 1.47. The molecule has 0 radical (unpaired) electrons. The van der Waals surface area contributed by atoms with Crippen LogP contribution in [0.1, 0.15) is 35.0 Å². The van der Waals surface area contributed by atoms with Crippen LogP contribution < -0.4 is 5.32 Å². The van der Waals surface area contributed by atoms with Crippen molar-refractivity contribution in [1.82, 2.24) is 10.3 Å². The maximum absolute atomic E-state index is 5.54. The van der Waals surface area contributed by atoms with Crippen molar-refractivity contribution in [2.75, 3.05) is 19.8 Å². The Bertz CT molecular complexity index is 364. The van der Waals surface area contributed by atoms with Crippen molar-refractivity contribution in [3.63, 3.8) is 0 Å². The minimum Gasteiger partial charge on any atom is -0.378 e.